The van der Waals surface area contributed by atoms with Crippen molar-refractivity contribution in [1.29, 1.82) is 0 Å². The molecule has 0 aliphatic rings. The Kier molecular flexibility index (Phi) is 4.35. The molecule has 88 valence electrons. The highest BCUT2D eigenvalue weighted by molar-refractivity contribution is 9.10. The minimum absolute atomic E-state index is 0.592. The Labute approximate surface area is 104 Å². The van der Waals surface area contributed by atoms with Gasteiger partial charge in [0.2, 0.25) is 0 Å². The van der Waals surface area contributed by atoms with Gasteiger partial charge < -0.3 is 10.4 Å². The number of nitrogens with one attached hydrogen (secondary N) is 1. The normalized spacial score (nSPS) is 14.2. The summed E-state index contributed by atoms with van der Waals surface area (Å²) in [6.07, 6.45) is 1.42. The molecule has 0 aliphatic heterocycles. The van der Waals surface area contributed by atoms with Crippen LogP contribution in [0.2, 0.25) is 0 Å². The maximum atomic E-state index is 11.2. The van der Waals surface area contributed by atoms with Crippen LogP contribution in [0.15, 0.2) is 28.7 Å². The van der Waals surface area contributed by atoms with Gasteiger partial charge in [0.15, 0.2) is 0 Å². The van der Waals surface area contributed by atoms with Gasteiger partial charge in [-0.1, -0.05) is 35.3 Å². The molecule has 3 nitrogen and oxygen atoms in total. The lowest BCUT2D eigenvalue weighted by molar-refractivity contribution is -0.141. The molecule has 0 aromatic heterocycles. The van der Waals surface area contributed by atoms with Crippen molar-refractivity contribution in [2.24, 2.45) is 0 Å². The van der Waals surface area contributed by atoms with Crippen LogP contribution in [0.5, 0.6) is 0 Å². The zero-order chi connectivity index (χ0) is 12.2. The SMILES string of the molecule is CCCC(C)(Nc1cccc(Br)c1)C(=O)O. The highest BCUT2D eigenvalue weighted by Crippen LogP contribution is 2.23. The third-order valence-corrected chi connectivity index (χ3v) is 2.96. The molecule has 1 aromatic carbocycles. The number of rotatable bonds is 5. The van der Waals surface area contributed by atoms with Gasteiger partial charge in [-0.2, -0.15) is 0 Å². The molecule has 1 atom stereocenters. The molecular weight excluding hydrogens is 270 g/mol. The van der Waals surface area contributed by atoms with Gasteiger partial charge in [-0.15, -0.1) is 0 Å². The molecule has 2 N–H and O–H groups in total. The smallest absolute Gasteiger partial charge is 0.329 e. The van der Waals surface area contributed by atoms with Crippen molar-refractivity contribution in [2.45, 2.75) is 32.2 Å². The number of hydrogen-bond donors (Lipinski definition) is 2. The summed E-state index contributed by atoms with van der Waals surface area (Å²) in [7, 11) is 0. The van der Waals surface area contributed by atoms with E-state index in [-0.39, 0.29) is 0 Å². The average molecular weight is 286 g/mol. The first-order valence-electron chi connectivity index (χ1n) is 5.25. The Balaban J connectivity index is 2.87. The first-order valence-corrected chi connectivity index (χ1v) is 6.04. The number of benzene rings is 1. The Morgan fingerprint density at radius 2 is 2.25 bits per heavy atom. The lowest BCUT2D eigenvalue weighted by Crippen LogP contribution is -2.43. The molecular formula is C12H16BrNO2. The van der Waals surface area contributed by atoms with Gasteiger partial charge in [-0.05, 0) is 31.5 Å². The topological polar surface area (TPSA) is 49.3 Å². The Hall–Kier alpha value is -1.03. The second-order valence-corrected chi connectivity index (χ2v) is 4.94. The van der Waals surface area contributed by atoms with Gasteiger partial charge in [-0.25, -0.2) is 4.79 Å². The quantitative estimate of drug-likeness (QED) is 0.871. The highest BCUT2D eigenvalue weighted by atomic mass is 79.9. The summed E-state index contributed by atoms with van der Waals surface area (Å²) in [5.41, 5.74) is -0.0945. The van der Waals surface area contributed by atoms with E-state index in [0.29, 0.717) is 6.42 Å². The Morgan fingerprint density at radius 3 is 2.75 bits per heavy atom. The molecule has 1 unspecified atom stereocenters. The first kappa shape index (κ1) is 13.0. The van der Waals surface area contributed by atoms with Crippen LogP contribution >= 0.6 is 15.9 Å². The molecule has 0 bridgehead atoms. The third-order valence-electron chi connectivity index (χ3n) is 2.47. The minimum atomic E-state index is -0.907. The summed E-state index contributed by atoms with van der Waals surface area (Å²) in [6.45, 7) is 3.68. The van der Waals surface area contributed by atoms with Crippen LogP contribution in [0, 0.1) is 0 Å². The third kappa shape index (κ3) is 3.23. The monoisotopic (exact) mass is 285 g/mol. The van der Waals surface area contributed by atoms with Crippen molar-refractivity contribution in [3.8, 4) is 0 Å². The summed E-state index contributed by atoms with van der Waals surface area (Å²) >= 11 is 3.36. The summed E-state index contributed by atoms with van der Waals surface area (Å²) in [4.78, 5) is 11.2. The van der Waals surface area contributed by atoms with E-state index in [1.807, 2.05) is 31.2 Å². The molecule has 0 radical (unpaired) electrons. The molecule has 1 rings (SSSR count). The van der Waals surface area contributed by atoms with Crippen LogP contribution < -0.4 is 5.32 Å². The Bertz CT molecular complexity index is 381. The van der Waals surface area contributed by atoms with Crippen LogP contribution in [0.1, 0.15) is 26.7 Å². The van der Waals surface area contributed by atoms with Crippen LogP contribution in [-0.2, 0) is 4.79 Å². The summed E-state index contributed by atoms with van der Waals surface area (Å²) < 4.78 is 0.932. The molecule has 16 heavy (non-hydrogen) atoms. The van der Waals surface area contributed by atoms with Crippen molar-refractivity contribution < 1.29 is 9.90 Å². The molecule has 0 spiro atoms. The zero-order valence-corrected chi connectivity index (χ0v) is 11.0. The van der Waals surface area contributed by atoms with E-state index >= 15 is 0 Å². The van der Waals surface area contributed by atoms with E-state index in [2.05, 4.69) is 21.2 Å². The summed E-state index contributed by atoms with van der Waals surface area (Å²) in [6, 6.07) is 7.52. The summed E-state index contributed by atoms with van der Waals surface area (Å²) in [5, 5.41) is 12.3. The van der Waals surface area contributed by atoms with Crippen molar-refractivity contribution in [3.05, 3.63) is 28.7 Å². The van der Waals surface area contributed by atoms with Crippen molar-refractivity contribution in [3.63, 3.8) is 0 Å². The number of hydrogen-bond acceptors (Lipinski definition) is 2. The number of carboxylic acids is 1. The van der Waals surface area contributed by atoms with E-state index in [9.17, 15) is 9.90 Å². The number of carboxylic acid groups (broad SMARTS) is 1. The van der Waals surface area contributed by atoms with E-state index in [1.54, 1.807) is 6.92 Å². The van der Waals surface area contributed by atoms with Crippen LogP contribution in [0.3, 0.4) is 0 Å². The van der Waals surface area contributed by atoms with E-state index in [4.69, 9.17) is 0 Å². The Morgan fingerprint density at radius 1 is 1.56 bits per heavy atom. The van der Waals surface area contributed by atoms with Crippen LogP contribution in [-0.4, -0.2) is 16.6 Å². The summed E-state index contributed by atoms with van der Waals surface area (Å²) in [5.74, 6) is -0.825. The van der Waals surface area contributed by atoms with Gasteiger partial charge >= 0.3 is 5.97 Å². The number of halogens is 1. The fraction of sp³-hybridized carbons (Fsp3) is 0.417. The van der Waals surface area contributed by atoms with E-state index in [0.717, 1.165) is 16.6 Å². The van der Waals surface area contributed by atoms with Crippen molar-refractivity contribution >= 4 is 27.6 Å². The predicted molar refractivity (Wildman–Crippen MR) is 68.7 cm³/mol. The number of aliphatic carboxylic acids is 1. The zero-order valence-electron chi connectivity index (χ0n) is 9.46. The second-order valence-electron chi connectivity index (χ2n) is 4.02. The molecule has 1 aromatic rings. The molecule has 0 amide bonds. The highest BCUT2D eigenvalue weighted by Gasteiger charge is 2.31. The molecule has 0 saturated heterocycles. The van der Waals surface area contributed by atoms with Gasteiger partial charge in [0.05, 0.1) is 0 Å². The van der Waals surface area contributed by atoms with Crippen LogP contribution in [0.4, 0.5) is 5.69 Å². The maximum absolute atomic E-state index is 11.2. The fourth-order valence-corrected chi connectivity index (χ4v) is 2.01. The number of anilines is 1. The van der Waals surface area contributed by atoms with Gasteiger partial charge in [0, 0.05) is 10.2 Å². The largest absolute Gasteiger partial charge is 0.480 e. The molecule has 0 fully saturated rings. The van der Waals surface area contributed by atoms with Crippen LogP contribution in [0.25, 0.3) is 0 Å². The maximum Gasteiger partial charge on any atom is 0.329 e. The fourth-order valence-electron chi connectivity index (χ4n) is 1.61. The van der Waals surface area contributed by atoms with E-state index < -0.39 is 11.5 Å². The standard InChI is InChI=1S/C12H16BrNO2/c1-3-7-12(2,11(15)16)14-10-6-4-5-9(13)8-10/h4-6,8,14H,3,7H2,1-2H3,(H,15,16). The molecule has 0 saturated carbocycles. The number of carbonyl (C=O) groups is 1. The predicted octanol–water partition coefficient (Wildman–Crippen LogP) is 3.50. The molecule has 0 aliphatic carbocycles. The molecule has 4 heteroatoms. The second kappa shape index (κ2) is 5.34. The van der Waals surface area contributed by atoms with Gasteiger partial charge in [0.25, 0.3) is 0 Å². The van der Waals surface area contributed by atoms with Gasteiger partial charge in [-0.3, -0.25) is 0 Å². The first-order chi connectivity index (χ1) is 7.48. The lowest BCUT2D eigenvalue weighted by atomic mass is 9.96. The van der Waals surface area contributed by atoms with Crippen molar-refractivity contribution in [2.75, 3.05) is 5.32 Å². The van der Waals surface area contributed by atoms with Gasteiger partial charge in [0.1, 0.15) is 5.54 Å². The molecule has 0 heterocycles. The lowest BCUT2D eigenvalue weighted by Gasteiger charge is -2.27. The average Bonchev–Trinajstić information content (AvgIpc) is 2.17. The van der Waals surface area contributed by atoms with Crippen molar-refractivity contribution in [1.82, 2.24) is 0 Å². The minimum Gasteiger partial charge on any atom is -0.480 e. The van der Waals surface area contributed by atoms with E-state index in [1.165, 1.54) is 0 Å².